The van der Waals surface area contributed by atoms with Gasteiger partial charge in [-0.05, 0) is 12.1 Å². The Morgan fingerprint density at radius 3 is 2.95 bits per heavy atom. The van der Waals surface area contributed by atoms with Gasteiger partial charge in [0.15, 0.2) is 0 Å². The molecule has 20 heavy (non-hydrogen) atoms. The Morgan fingerprint density at radius 1 is 1.55 bits per heavy atom. The van der Waals surface area contributed by atoms with E-state index in [9.17, 15) is 14.5 Å². The number of nitro groups is 1. The molecular formula is C12H17ClFN3O3. The Bertz CT molecular complexity index is 475. The Labute approximate surface area is 122 Å². The third-order valence-corrected chi connectivity index (χ3v) is 3.12. The third-order valence-electron chi connectivity index (χ3n) is 3.12. The van der Waals surface area contributed by atoms with Gasteiger partial charge in [0.2, 0.25) is 0 Å². The molecule has 1 saturated heterocycles. The van der Waals surface area contributed by atoms with Gasteiger partial charge < -0.3 is 10.5 Å². The van der Waals surface area contributed by atoms with Crippen LogP contribution in [0.4, 0.5) is 10.1 Å². The highest BCUT2D eigenvalue weighted by Crippen LogP contribution is 2.22. The van der Waals surface area contributed by atoms with Gasteiger partial charge in [-0.15, -0.1) is 12.4 Å². The van der Waals surface area contributed by atoms with Gasteiger partial charge in [-0.25, -0.2) is 4.39 Å². The zero-order chi connectivity index (χ0) is 13.8. The molecule has 1 fully saturated rings. The summed E-state index contributed by atoms with van der Waals surface area (Å²) in [4.78, 5) is 12.4. The van der Waals surface area contributed by atoms with Crippen molar-refractivity contribution in [3.63, 3.8) is 0 Å². The minimum Gasteiger partial charge on any atom is -0.374 e. The maximum Gasteiger partial charge on any atom is 0.274 e. The summed E-state index contributed by atoms with van der Waals surface area (Å²) in [6, 6.07) is 3.51. The molecule has 8 heteroatoms. The Kier molecular flexibility index (Phi) is 6.28. The van der Waals surface area contributed by atoms with Crippen molar-refractivity contribution in [2.45, 2.75) is 12.6 Å². The topological polar surface area (TPSA) is 81.6 Å². The van der Waals surface area contributed by atoms with Gasteiger partial charge in [-0.2, -0.15) is 0 Å². The summed E-state index contributed by atoms with van der Waals surface area (Å²) in [5, 5.41) is 10.9. The first-order valence-electron chi connectivity index (χ1n) is 6.07. The van der Waals surface area contributed by atoms with E-state index in [2.05, 4.69) is 0 Å². The molecule has 1 atom stereocenters. The number of benzene rings is 1. The van der Waals surface area contributed by atoms with Crippen LogP contribution in [0.25, 0.3) is 0 Å². The number of nitro benzene ring substituents is 1. The lowest BCUT2D eigenvalue weighted by Crippen LogP contribution is -2.45. The largest absolute Gasteiger partial charge is 0.374 e. The van der Waals surface area contributed by atoms with Crippen LogP contribution in [0.5, 0.6) is 0 Å². The number of morpholine rings is 1. The normalized spacial score (nSPS) is 19.4. The molecule has 1 heterocycles. The molecule has 6 nitrogen and oxygen atoms in total. The van der Waals surface area contributed by atoms with Crippen molar-refractivity contribution in [2.24, 2.45) is 5.73 Å². The maximum absolute atomic E-state index is 13.2. The average molecular weight is 306 g/mol. The predicted molar refractivity (Wildman–Crippen MR) is 74.4 cm³/mol. The molecule has 2 rings (SSSR count). The van der Waals surface area contributed by atoms with Crippen molar-refractivity contribution in [3.05, 3.63) is 39.7 Å². The van der Waals surface area contributed by atoms with E-state index in [1.165, 1.54) is 12.1 Å². The molecule has 1 aliphatic rings. The highest BCUT2D eigenvalue weighted by molar-refractivity contribution is 5.85. The number of hydrogen-bond acceptors (Lipinski definition) is 5. The van der Waals surface area contributed by atoms with Crippen molar-refractivity contribution < 1.29 is 14.1 Å². The molecular weight excluding hydrogens is 289 g/mol. The smallest absolute Gasteiger partial charge is 0.274 e. The number of hydrogen-bond donors (Lipinski definition) is 1. The van der Waals surface area contributed by atoms with E-state index >= 15 is 0 Å². The second kappa shape index (κ2) is 7.49. The summed E-state index contributed by atoms with van der Waals surface area (Å²) >= 11 is 0. The van der Waals surface area contributed by atoms with Crippen molar-refractivity contribution in [1.29, 1.82) is 0 Å². The molecule has 1 aromatic carbocycles. The lowest BCUT2D eigenvalue weighted by Gasteiger charge is -2.32. The molecule has 0 bridgehead atoms. The standard InChI is InChI=1S/C12H16FN3O3.ClH/c13-10-1-2-12(16(17)18)9(5-10)7-15-3-4-19-11(6-14)8-15;/h1-2,5,11H,3-4,6-8,14H2;1H. The lowest BCUT2D eigenvalue weighted by molar-refractivity contribution is -0.385. The van der Waals surface area contributed by atoms with Crippen LogP contribution in [-0.2, 0) is 11.3 Å². The summed E-state index contributed by atoms with van der Waals surface area (Å²) < 4.78 is 18.6. The molecule has 2 N–H and O–H groups in total. The van der Waals surface area contributed by atoms with Crippen LogP contribution in [0.1, 0.15) is 5.56 Å². The van der Waals surface area contributed by atoms with E-state index in [1.54, 1.807) is 0 Å². The second-order valence-corrected chi connectivity index (χ2v) is 4.49. The lowest BCUT2D eigenvalue weighted by atomic mass is 10.1. The summed E-state index contributed by atoms with van der Waals surface area (Å²) in [7, 11) is 0. The summed E-state index contributed by atoms with van der Waals surface area (Å²) in [5.74, 6) is -0.468. The fraction of sp³-hybridized carbons (Fsp3) is 0.500. The van der Waals surface area contributed by atoms with Crippen molar-refractivity contribution in [2.75, 3.05) is 26.2 Å². The molecule has 0 radical (unpaired) electrons. The Morgan fingerprint density at radius 2 is 2.30 bits per heavy atom. The van der Waals surface area contributed by atoms with Gasteiger partial charge in [0.1, 0.15) is 5.82 Å². The monoisotopic (exact) mass is 305 g/mol. The summed E-state index contributed by atoms with van der Waals surface area (Å²) in [6.45, 7) is 2.52. The van der Waals surface area contributed by atoms with Gasteiger partial charge in [0, 0.05) is 37.8 Å². The molecule has 0 spiro atoms. The van der Waals surface area contributed by atoms with Crippen LogP contribution in [0.3, 0.4) is 0 Å². The number of nitrogens with zero attached hydrogens (tertiary/aromatic N) is 2. The Balaban J connectivity index is 0.00000200. The number of halogens is 2. The van der Waals surface area contributed by atoms with Crippen LogP contribution in [0.15, 0.2) is 18.2 Å². The zero-order valence-electron chi connectivity index (χ0n) is 10.8. The first-order valence-corrected chi connectivity index (χ1v) is 6.07. The molecule has 0 aliphatic carbocycles. The van der Waals surface area contributed by atoms with E-state index in [4.69, 9.17) is 10.5 Å². The van der Waals surface area contributed by atoms with Gasteiger partial charge in [0.25, 0.3) is 5.69 Å². The Hall–Kier alpha value is -1.28. The minimum atomic E-state index is -0.490. The first kappa shape index (κ1) is 16.8. The highest BCUT2D eigenvalue weighted by Gasteiger charge is 2.22. The van der Waals surface area contributed by atoms with E-state index in [0.29, 0.717) is 38.3 Å². The molecule has 1 aromatic rings. The fourth-order valence-electron chi connectivity index (χ4n) is 2.17. The second-order valence-electron chi connectivity index (χ2n) is 4.49. The van der Waals surface area contributed by atoms with Crippen molar-refractivity contribution >= 4 is 18.1 Å². The van der Waals surface area contributed by atoms with E-state index in [1.807, 2.05) is 4.90 Å². The van der Waals surface area contributed by atoms with Crippen LogP contribution in [0.2, 0.25) is 0 Å². The van der Waals surface area contributed by atoms with E-state index in [0.717, 1.165) is 6.07 Å². The van der Waals surface area contributed by atoms with Gasteiger partial charge in [-0.1, -0.05) is 0 Å². The highest BCUT2D eigenvalue weighted by atomic mass is 35.5. The third kappa shape index (κ3) is 4.11. The van der Waals surface area contributed by atoms with E-state index < -0.39 is 10.7 Å². The minimum absolute atomic E-state index is 0. The SMILES string of the molecule is Cl.NCC1CN(Cc2cc(F)ccc2[N+](=O)[O-])CCO1. The van der Waals surface area contributed by atoms with Gasteiger partial charge in [-0.3, -0.25) is 15.0 Å². The first-order chi connectivity index (χ1) is 9.10. The van der Waals surface area contributed by atoms with Crippen molar-refractivity contribution in [3.8, 4) is 0 Å². The molecule has 0 amide bonds. The number of rotatable bonds is 4. The van der Waals surface area contributed by atoms with Crippen LogP contribution >= 0.6 is 12.4 Å². The molecule has 0 aromatic heterocycles. The molecule has 0 saturated carbocycles. The molecule has 1 aliphatic heterocycles. The predicted octanol–water partition coefficient (Wildman–Crippen LogP) is 1.32. The van der Waals surface area contributed by atoms with Crippen LogP contribution in [-0.4, -0.2) is 42.2 Å². The fourth-order valence-corrected chi connectivity index (χ4v) is 2.17. The zero-order valence-corrected chi connectivity index (χ0v) is 11.6. The average Bonchev–Trinajstić information content (AvgIpc) is 2.38. The number of nitrogens with two attached hydrogens (primary N) is 1. The number of ether oxygens (including phenoxy) is 1. The van der Waals surface area contributed by atoms with Crippen molar-refractivity contribution in [1.82, 2.24) is 4.90 Å². The van der Waals surface area contributed by atoms with Gasteiger partial charge >= 0.3 is 0 Å². The van der Waals surface area contributed by atoms with Gasteiger partial charge in [0.05, 0.1) is 17.6 Å². The molecule has 112 valence electrons. The molecule has 1 unspecified atom stereocenters. The quantitative estimate of drug-likeness (QED) is 0.670. The maximum atomic E-state index is 13.2. The summed E-state index contributed by atoms with van der Waals surface area (Å²) in [5.41, 5.74) is 5.86. The van der Waals surface area contributed by atoms with Crippen LogP contribution in [0, 0.1) is 15.9 Å². The van der Waals surface area contributed by atoms with E-state index in [-0.39, 0.29) is 24.2 Å². The summed E-state index contributed by atoms with van der Waals surface area (Å²) in [6.07, 6.45) is -0.0682. The van der Waals surface area contributed by atoms with Crippen LogP contribution < -0.4 is 5.73 Å².